The molecule has 0 spiro atoms. The standard InChI is InChI=1S/C15H23N3O4S/c1-10-13(8-14(22-10)23(20,21)17(2)3)15(19)18-7-6-11-4-5-12(9-18)16-11/h8,11-12,16H,4-7,9H2,1-3H3. The van der Waals surface area contributed by atoms with Gasteiger partial charge in [0.1, 0.15) is 5.76 Å². The molecule has 1 aromatic heterocycles. The maximum atomic E-state index is 12.8. The Morgan fingerprint density at radius 3 is 2.70 bits per heavy atom. The summed E-state index contributed by atoms with van der Waals surface area (Å²) in [5, 5.41) is 3.35. The molecule has 0 radical (unpaired) electrons. The van der Waals surface area contributed by atoms with Gasteiger partial charge in [-0.15, -0.1) is 0 Å². The van der Waals surface area contributed by atoms with Gasteiger partial charge in [-0.05, 0) is 26.2 Å². The minimum atomic E-state index is -3.67. The highest BCUT2D eigenvalue weighted by Crippen LogP contribution is 2.25. The highest BCUT2D eigenvalue weighted by atomic mass is 32.2. The number of amides is 1. The Morgan fingerprint density at radius 1 is 1.30 bits per heavy atom. The first-order valence-electron chi connectivity index (χ1n) is 7.87. The smallest absolute Gasteiger partial charge is 0.275 e. The molecule has 2 aliphatic heterocycles. The molecule has 1 amide bonds. The Balaban J connectivity index is 1.84. The second-order valence-corrected chi connectivity index (χ2v) is 8.58. The maximum absolute atomic E-state index is 12.8. The topological polar surface area (TPSA) is 82.9 Å². The van der Waals surface area contributed by atoms with Crippen molar-refractivity contribution in [2.45, 2.75) is 43.4 Å². The van der Waals surface area contributed by atoms with E-state index < -0.39 is 10.0 Å². The van der Waals surface area contributed by atoms with Gasteiger partial charge in [-0.1, -0.05) is 0 Å². The molecule has 0 aromatic carbocycles. The zero-order chi connectivity index (χ0) is 16.8. The number of carbonyl (C=O) groups excluding carboxylic acids is 1. The fourth-order valence-electron chi connectivity index (χ4n) is 3.27. The van der Waals surface area contributed by atoms with E-state index in [0.29, 0.717) is 36.5 Å². The number of nitrogens with one attached hydrogen (secondary N) is 1. The average Bonchev–Trinajstić information content (AvgIpc) is 3.01. The van der Waals surface area contributed by atoms with Crippen LogP contribution in [0.25, 0.3) is 0 Å². The first-order chi connectivity index (χ1) is 10.8. The lowest BCUT2D eigenvalue weighted by Gasteiger charge is -2.24. The molecule has 1 aromatic rings. The molecular formula is C15H23N3O4S. The quantitative estimate of drug-likeness (QED) is 0.879. The van der Waals surface area contributed by atoms with Crippen molar-refractivity contribution in [2.24, 2.45) is 0 Å². The second-order valence-electron chi connectivity index (χ2n) is 6.50. The average molecular weight is 341 g/mol. The molecule has 2 aliphatic rings. The zero-order valence-corrected chi connectivity index (χ0v) is 14.5. The third-order valence-corrected chi connectivity index (χ3v) is 6.34. The van der Waals surface area contributed by atoms with Gasteiger partial charge in [0.25, 0.3) is 15.9 Å². The molecule has 7 nitrogen and oxygen atoms in total. The number of carbonyl (C=O) groups is 1. The van der Waals surface area contributed by atoms with E-state index in [1.165, 1.54) is 26.6 Å². The van der Waals surface area contributed by atoms with Crippen molar-refractivity contribution >= 4 is 15.9 Å². The molecular weight excluding hydrogens is 318 g/mol. The normalized spacial score (nSPS) is 25.0. The van der Waals surface area contributed by atoms with E-state index in [0.717, 1.165) is 17.1 Å². The van der Waals surface area contributed by atoms with Crippen LogP contribution in [0.4, 0.5) is 0 Å². The van der Waals surface area contributed by atoms with Crippen molar-refractivity contribution in [2.75, 3.05) is 27.2 Å². The van der Waals surface area contributed by atoms with Crippen LogP contribution in [0, 0.1) is 6.92 Å². The fourth-order valence-corrected chi connectivity index (χ4v) is 4.13. The van der Waals surface area contributed by atoms with Gasteiger partial charge in [0.2, 0.25) is 5.09 Å². The predicted octanol–water partition coefficient (Wildman–Crippen LogP) is 0.805. The summed E-state index contributed by atoms with van der Waals surface area (Å²) < 4.78 is 30.7. The number of furan rings is 1. The summed E-state index contributed by atoms with van der Waals surface area (Å²) in [6, 6.07) is 2.18. The van der Waals surface area contributed by atoms with Gasteiger partial charge >= 0.3 is 0 Å². The Hall–Kier alpha value is -1.38. The van der Waals surface area contributed by atoms with E-state index in [1.807, 2.05) is 0 Å². The molecule has 2 bridgehead atoms. The Morgan fingerprint density at radius 2 is 2.00 bits per heavy atom. The molecule has 2 fully saturated rings. The molecule has 2 unspecified atom stereocenters. The van der Waals surface area contributed by atoms with Crippen LogP contribution in [0.2, 0.25) is 0 Å². The summed E-state index contributed by atoms with van der Waals surface area (Å²) in [5.41, 5.74) is 0.336. The summed E-state index contributed by atoms with van der Waals surface area (Å²) >= 11 is 0. The third kappa shape index (κ3) is 3.02. The predicted molar refractivity (Wildman–Crippen MR) is 84.8 cm³/mol. The third-order valence-electron chi connectivity index (χ3n) is 4.67. The van der Waals surface area contributed by atoms with E-state index in [9.17, 15) is 13.2 Å². The monoisotopic (exact) mass is 341 g/mol. The largest absolute Gasteiger partial charge is 0.448 e. The maximum Gasteiger partial charge on any atom is 0.275 e. The van der Waals surface area contributed by atoms with E-state index in [1.54, 1.807) is 11.8 Å². The summed E-state index contributed by atoms with van der Waals surface area (Å²) in [6.07, 6.45) is 3.18. The molecule has 3 heterocycles. The number of hydrogen-bond donors (Lipinski definition) is 1. The van der Waals surface area contributed by atoms with E-state index in [4.69, 9.17) is 4.42 Å². The number of aryl methyl sites for hydroxylation is 1. The van der Waals surface area contributed by atoms with Crippen molar-refractivity contribution in [3.05, 3.63) is 17.4 Å². The SMILES string of the molecule is Cc1oc(S(=O)(=O)N(C)C)cc1C(=O)N1CCC2CCC(C1)N2. The minimum absolute atomic E-state index is 0.152. The van der Waals surface area contributed by atoms with Crippen LogP contribution in [-0.4, -0.2) is 62.8 Å². The molecule has 128 valence electrons. The van der Waals surface area contributed by atoms with Crippen LogP contribution in [0.5, 0.6) is 0 Å². The number of fused-ring (bicyclic) bond motifs is 2. The Labute approximate surface area is 136 Å². The van der Waals surface area contributed by atoms with Crippen LogP contribution in [0.1, 0.15) is 35.4 Å². The number of rotatable bonds is 3. The lowest BCUT2D eigenvalue weighted by atomic mass is 10.1. The van der Waals surface area contributed by atoms with Gasteiger partial charge in [0, 0.05) is 45.3 Å². The van der Waals surface area contributed by atoms with Gasteiger partial charge in [-0.25, -0.2) is 12.7 Å². The van der Waals surface area contributed by atoms with E-state index >= 15 is 0 Å². The van der Waals surface area contributed by atoms with Crippen LogP contribution < -0.4 is 5.32 Å². The first kappa shape index (κ1) is 16.5. The number of sulfonamides is 1. The molecule has 2 atom stereocenters. The van der Waals surface area contributed by atoms with Crippen molar-refractivity contribution in [1.82, 2.24) is 14.5 Å². The lowest BCUT2D eigenvalue weighted by molar-refractivity contribution is 0.0746. The molecule has 23 heavy (non-hydrogen) atoms. The van der Waals surface area contributed by atoms with Crippen molar-refractivity contribution < 1.29 is 17.6 Å². The summed E-state index contributed by atoms with van der Waals surface area (Å²) in [6.45, 7) is 2.98. The van der Waals surface area contributed by atoms with E-state index in [2.05, 4.69) is 5.32 Å². The van der Waals surface area contributed by atoms with Crippen LogP contribution >= 0.6 is 0 Å². The van der Waals surface area contributed by atoms with Crippen LogP contribution in [0.3, 0.4) is 0 Å². The Kier molecular flexibility index (Phi) is 4.24. The van der Waals surface area contributed by atoms with Crippen LogP contribution in [-0.2, 0) is 10.0 Å². The van der Waals surface area contributed by atoms with Gasteiger partial charge in [0.15, 0.2) is 0 Å². The number of hydrogen-bond acceptors (Lipinski definition) is 5. The van der Waals surface area contributed by atoms with Crippen molar-refractivity contribution in [3.63, 3.8) is 0 Å². The van der Waals surface area contributed by atoms with Crippen LogP contribution in [0.15, 0.2) is 15.6 Å². The summed E-state index contributed by atoms with van der Waals surface area (Å²) in [4.78, 5) is 14.6. The van der Waals surface area contributed by atoms with Gasteiger partial charge < -0.3 is 14.6 Å². The molecule has 0 saturated carbocycles. The molecule has 3 rings (SSSR count). The minimum Gasteiger partial charge on any atom is -0.448 e. The molecule has 8 heteroatoms. The molecule has 1 N–H and O–H groups in total. The molecule has 2 saturated heterocycles. The molecule has 0 aliphatic carbocycles. The first-order valence-corrected chi connectivity index (χ1v) is 9.31. The zero-order valence-electron chi connectivity index (χ0n) is 13.7. The van der Waals surface area contributed by atoms with Crippen molar-refractivity contribution in [1.29, 1.82) is 0 Å². The van der Waals surface area contributed by atoms with Gasteiger partial charge in [-0.2, -0.15) is 0 Å². The summed E-state index contributed by atoms with van der Waals surface area (Å²) in [7, 11) is -0.802. The number of nitrogens with zero attached hydrogens (tertiary/aromatic N) is 2. The second kappa shape index (κ2) is 5.92. The highest BCUT2D eigenvalue weighted by molar-refractivity contribution is 7.88. The summed E-state index contributed by atoms with van der Waals surface area (Å²) in [5.74, 6) is 0.193. The Bertz CT molecular complexity index is 710. The van der Waals surface area contributed by atoms with Gasteiger partial charge in [0.05, 0.1) is 5.56 Å². The lowest BCUT2D eigenvalue weighted by Crippen LogP contribution is -2.39. The van der Waals surface area contributed by atoms with E-state index in [-0.39, 0.29) is 11.0 Å². The van der Waals surface area contributed by atoms with Gasteiger partial charge in [-0.3, -0.25) is 4.79 Å². The highest BCUT2D eigenvalue weighted by Gasteiger charge is 2.33. The number of likely N-dealkylation sites (tertiary alicyclic amines) is 1. The van der Waals surface area contributed by atoms with Crippen molar-refractivity contribution in [3.8, 4) is 0 Å². The fraction of sp³-hybridized carbons (Fsp3) is 0.667.